The normalized spacial score (nSPS) is 10.4. The lowest BCUT2D eigenvalue weighted by Gasteiger charge is -2.13. The fourth-order valence-electron chi connectivity index (χ4n) is 2.14. The molecule has 1 amide bonds. The van der Waals surface area contributed by atoms with Crippen molar-refractivity contribution in [1.29, 1.82) is 0 Å². The van der Waals surface area contributed by atoms with Crippen molar-refractivity contribution >= 4 is 46.4 Å². The number of para-hydroxylation sites is 1. The Morgan fingerprint density at radius 3 is 2.32 bits per heavy atom. The highest BCUT2D eigenvalue weighted by Gasteiger charge is 2.13. The number of anilines is 1. The topological polar surface area (TPSA) is 38.3 Å². The summed E-state index contributed by atoms with van der Waals surface area (Å²) in [6.45, 7) is 0. The number of ether oxygens (including phenoxy) is 1. The van der Waals surface area contributed by atoms with Crippen LogP contribution in [0, 0.1) is 0 Å². The summed E-state index contributed by atoms with van der Waals surface area (Å²) >= 11 is 17.9. The Balaban J connectivity index is 1.87. The Labute approximate surface area is 160 Å². The van der Waals surface area contributed by atoms with Crippen molar-refractivity contribution in [3.05, 3.63) is 87.4 Å². The summed E-state index contributed by atoms with van der Waals surface area (Å²) in [5, 5.41) is 3.95. The van der Waals surface area contributed by atoms with Crippen LogP contribution in [0.3, 0.4) is 0 Å². The molecule has 6 heteroatoms. The lowest BCUT2D eigenvalue weighted by atomic mass is 10.2. The standard InChI is InChI=1S/C19H12Cl3NO2/c20-13-7-9-18(25-14-4-2-1-3-5-14)17(11-13)23-19(24)12-6-8-15(21)16(22)10-12/h1-11H,(H,23,24). The minimum atomic E-state index is -0.348. The van der Waals surface area contributed by atoms with Gasteiger partial charge < -0.3 is 10.1 Å². The van der Waals surface area contributed by atoms with Gasteiger partial charge in [-0.3, -0.25) is 4.79 Å². The lowest BCUT2D eigenvalue weighted by Crippen LogP contribution is -2.12. The molecule has 0 bridgehead atoms. The van der Waals surface area contributed by atoms with E-state index in [-0.39, 0.29) is 5.91 Å². The van der Waals surface area contributed by atoms with Gasteiger partial charge in [-0.2, -0.15) is 0 Å². The molecule has 3 rings (SSSR count). The van der Waals surface area contributed by atoms with E-state index in [2.05, 4.69) is 5.32 Å². The molecule has 3 aromatic rings. The van der Waals surface area contributed by atoms with Crippen molar-refractivity contribution in [2.75, 3.05) is 5.32 Å². The van der Waals surface area contributed by atoms with E-state index in [1.165, 1.54) is 6.07 Å². The third kappa shape index (κ3) is 4.45. The first-order valence-corrected chi connectivity index (χ1v) is 8.45. The number of amides is 1. The number of hydrogen-bond donors (Lipinski definition) is 1. The SMILES string of the molecule is O=C(Nc1cc(Cl)ccc1Oc1ccccc1)c1ccc(Cl)c(Cl)c1. The maximum atomic E-state index is 12.5. The number of carbonyl (C=O) groups is 1. The van der Waals surface area contributed by atoms with E-state index >= 15 is 0 Å². The summed E-state index contributed by atoms with van der Waals surface area (Å²) in [7, 11) is 0. The van der Waals surface area contributed by atoms with E-state index < -0.39 is 0 Å². The van der Waals surface area contributed by atoms with Gasteiger partial charge in [0.1, 0.15) is 5.75 Å². The van der Waals surface area contributed by atoms with Crippen molar-refractivity contribution < 1.29 is 9.53 Å². The predicted molar refractivity (Wildman–Crippen MR) is 102 cm³/mol. The van der Waals surface area contributed by atoms with Gasteiger partial charge in [0.2, 0.25) is 0 Å². The first kappa shape index (κ1) is 17.6. The molecule has 0 radical (unpaired) electrons. The molecule has 0 saturated heterocycles. The fraction of sp³-hybridized carbons (Fsp3) is 0. The van der Waals surface area contributed by atoms with Crippen LogP contribution in [0.25, 0.3) is 0 Å². The van der Waals surface area contributed by atoms with Gasteiger partial charge in [-0.25, -0.2) is 0 Å². The average Bonchev–Trinajstić information content (AvgIpc) is 2.60. The van der Waals surface area contributed by atoms with Gasteiger partial charge in [0.05, 0.1) is 15.7 Å². The minimum Gasteiger partial charge on any atom is -0.455 e. The lowest BCUT2D eigenvalue weighted by molar-refractivity contribution is 0.102. The fourth-order valence-corrected chi connectivity index (χ4v) is 2.61. The molecule has 1 N–H and O–H groups in total. The van der Waals surface area contributed by atoms with Crippen LogP contribution in [0.4, 0.5) is 5.69 Å². The van der Waals surface area contributed by atoms with Crippen LogP contribution in [0.1, 0.15) is 10.4 Å². The van der Waals surface area contributed by atoms with Crippen molar-refractivity contribution in [1.82, 2.24) is 0 Å². The van der Waals surface area contributed by atoms with Gasteiger partial charge in [0, 0.05) is 10.6 Å². The zero-order valence-electron chi connectivity index (χ0n) is 12.8. The molecule has 126 valence electrons. The van der Waals surface area contributed by atoms with Gasteiger partial charge in [0.25, 0.3) is 5.91 Å². The van der Waals surface area contributed by atoms with Crippen LogP contribution in [0.2, 0.25) is 15.1 Å². The molecular formula is C19H12Cl3NO2. The zero-order chi connectivity index (χ0) is 17.8. The molecule has 0 heterocycles. The second-order valence-corrected chi connectivity index (χ2v) is 6.39. The molecule has 0 atom stereocenters. The van der Waals surface area contributed by atoms with E-state index in [1.807, 2.05) is 30.3 Å². The number of carbonyl (C=O) groups excluding carboxylic acids is 1. The van der Waals surface area contributed by atoms with Gasteiger partial charge in [-0.05, 0) is 48.5 Å². The van der Waals surface area contributed by atoms with Crippen LogP contribution in [0.15, 0.2) is 66.7 Å². The van der Waals surface area contributed by atoms with E-state index in [1.54, 1.807) is 30.3 Å². The molecule has 25 heavy (non-hydrogen) atoms. The molecule has 0 unspecified atom stereocenters. The molecule has 0 aliphatic heterocycles. The van der Waals surface area contributed by atoms with Crippen LogP contribution < -0.4 is 10.1 Å². The second-order valence-electron chi connectivity index (χ2n) is 5.14. The van der Waals surface area contributed by atoms with E-state index in [0.29, 0.717) is 37.8 Å². The summed E-state index contributed by atoms with van der Waals surface area (Å²) < 4.78 is 5.82. The number of hydrogen-bond acceptors (Lipinski definition) is 2. The molecule has 0 aromatic heterocycles. The Hall–Kier alpha value is -2.20. The number of rotatable bonds is 4. The molecule has 0 spiro atoms. The maximum absolute atomic E-state index is 12.5. The van der Waals surface area contributed by atoms with Crippen molar-refractivity contribution in [3.8, 4) is 11.5 Å². The third-order valence-electron chi connectivity index (χ3n) is 3.34. The van der Waals surface area contributed by atoms with Crippen LogP contribution in [-0.2, 0) is 0 Å². The minimum absolute atomic E-state index is 0.307. The van der Waals surface area contributed by atoms with Gasteiger partial charge in [0.15, 0.2) is 5.75 Å². The Morgan fingerprint density at radius 2 is 1.60 bits per heavy atom. The third-order valence-corrected chi connectivity index (χ3v) is 4.32. The number of nitrogens with one attached hydrogen (secondary N) is 1. The Bertz CT molecular complexity index is 914. The van der Waals surface area contributed by atoms with Gasteiger partial charge in [-0.15, -0.1) is 0 Å². The number of benzene rings is 3. The van der Waals surface area contributed by atoms with Crippen LogP contribution in [-0.4, -0.2) is 5.91 Å². The second kappa shape index (κ2) is 7.79. The molecule has 3 nitrogen and oxygen atoms in total. The largest absolute Gasteiger partial charge is 0.455 e. The maximum Gasteiger partial charge on any atom is 0.255 e. The predicted octanol–water partition coefficient (Wildman–Crippen LogP) is 6.69. The molecule has 3 aromatic carbocycles. The van der Waals surface area contributed by atoms with Crippen molar-refractivity contribution in [2.24, 2.45) is 0 Å². The van der Waals surface area contributed by atoms with Crippen molar-refractivity contribution in [3.63, 3.8) is 0 Å². The smallest absolute Gasteiger partial charge is 0.255 e. The molecule has 0 aliphatic carbocycles. The summed E-state index contributed by atoms with van der Waals surface area (Å²) in [4.78, 5) is 12.5. The zero-order valence-corrected chi connectivity index (χ0v) is 15.1. The molecular weight excluding hydrogens is 381 g/mol. The van der Waals surface area contributed by atoms with Crippen LogP contribution in [0.5, 0.6) is 11.5 Å². The molecule has 0 aliphatic rings. The first-order valence-electron chi connectivity index (χ1n) is 7.32. The van der Waals surface area contributed by atoms with E-state index in [0.717, 1.165) is 0 Å². The van der Waals surface area contributed by atoms with Crippen LogP contribution >= 0.6 is 34.8 Å². The molecule has 0 saturated carbocycles. The highest BCUT2D eigenvalue weighted by Crippen LogP contribution is 2.32. The summed E-state index contributed by atoms with van der Waals surface area (Å²) in [6, 6.07) is 18.9. The first-order chi connectivity index (χ1) is 12.0. The van der Waals surface area contributed by atoms with Gasteiger partial charge >= 0.3 is 0 Å². The molecule has 0 fully saturated rings. The Kier molecular flexibility index (Phi) is 5.49. The van der Waals surface area contributed by atoms with E-state index in [4.69, 9.17) is 39.5 Å². The number of halogens is 3. The quantitative estimate of drug-likeness (QED) is 0.537. The monoisotopic (exact) mass is 391 g/mol. The van der Waals surface area contributed by atoms with Crippen molar-refractivity contribution in [2.45, 2.75) is 0 Å². The van der Waals surface area contributed by atoms with Gasteiger partial charge in [-0.1, -0.05) is 53.0 Å². The Morgan fingerprint density at radius 1 is 0.840 bits per heavy atom. The summed E-state index contributed by atoms with van der Waals surface area (Å²) in [5.41, 5.74) is 0.826. The highest BCUT2D eigenvalue weighted by molar-refractivity contribution is 6.42. The van der Waals surface area contributed by atoms with E-state index in [9.17, 15) is 4.79 Å². The summed E-state index contributed by atoms with van der Waals surface area (Å²) in [6.07, 6.45) is 0. The average molecular weight is 393 g/mol. The highest BCUT2D eigenvalue weighted by atomic mass is 35.5. The summed E-state index contributed by atoms with van der Waals surface area (Å²) in [5.74, 6) is 0.776.